The van der Waals surface area contributed by atoms with Gasteiger partial charge in [-0.2, -0.15) is 0 Å². The molecule has 2 rings (SSSR count). The maximum atomic E-state index is 13.5. The van der Waals surface area contributed by atoms with Gasteiger partial charge in [0.15, 0.2) is 0 Å². The SMILES string of the molecule is CSc1ccc(C(C)(CO)Nc2cc(C)cc(F)c2)cc1. The van der Waals surface area contributed by atoms with Crippen LogP contribution in [0.15, 0.2) is 47.4 Å². The molecular formula is C17H20FNOS. The molecule has 0 amide bonds. The van der Waals surface area contributed by atoms with Crippen LogP contribution in [0.4, 0.5) is 10.1 Å². The lowest BCUT2D eigenvalue weighted by Gasteiger charge is -2.31. The number of hydrogen-bond acceptors (Lipinski definition) is 3. The Kier molecular flexibility index (Phi) is 4.91. The van der Waals surface area contributed by atoms with Gasteiger partial charge in [-0.25, -0.2) is 4.39 Å². The Bertz CT molecular complexity index is 594. The monoisotopic (exact) mass is 305 g/mol. The Morgan fingerprint density at radius 3 is 2.38 bits per heavy atom. The molecule has 1 atom stereocenters. The molecule has 1 unspecified atom stereocenters. The summed E-state index contributed by atoms with van der Waals surface area (Å²) in [6.45, 7) is 3.67. The van der Waals surface area contributed by atoms with E-state index in [1.165, 1.54) is 17.0 Å². The third-order valence-electron chi connectivity index (χ3n) is 3.51. The third-order valence-corrected chi connectivity index (χ3v) is 4.25. The predicted molar refractivity (Wildman–Crippen MR) is 87.4 cm³/mol. The molecule has 4 heteroatoms. The van der Waals surface area contributed by atoms with Crippen molar-refractivity contribution in [1.82, 2.24) is 0 Å². The molecule has 2 nitrogen and oxygen atoms in total. The van der Waals surface area contributed by atoms with Crippen LogP contribution in [-0.4, -0.2) is 18.0 Å². The average Bonchev–Trinajstić information content (AvgIpc) is 2.46. The molecule has 0 saturated heterocycles. The van der Waals surface area contributed by atoms with Gasteiger partial charge in [0.2, 0.25) is 0 Å². The summed E-state index contributed by atoms with van der Waals surface area (Å²) in [5.41, 5.74) is 1.81. The molecule has 0 aliphatic rings. The second-order valence-corrected chi connectivity index (χ2v) is 6.24. The first-order valence-electron chi connectivity index (χ1n) is 6.77. The predicted octanol–water partition coefficient (Wildman–Crippen LogP) is 4.18. The fourth-order valence-corrected chi connectivity index (χ4v) is 2.70. The Hall–Kier alpha value is -1.52. The van der Waals surface area contributed by atoms with Gasteiger partial charge in [0.05, 0.1) is 12.1 Å². The summed E-state index contributed by atoms with van der Waals surface area (Å²) in [5.74, 6) is -0.282. The molecule has 112 valence electrons. The second kappa shape index (κ2) is 6.50. The molecule has 0 radical (unpaired) electrons. The highest BCUT2D eigenvalue weighted by Crippen LogP contribution is 2.28. The molecule has 0 aliphatic heterocycles. The molecule has 2 aromatic carbocycles. The molecule has 0 fully saturated rings. The number of nitrogens with one attached hydrogen (secondary N) is 1. The number of halogens is 1. The largest absolute Gasteiger partial charge is 0.394 e. The summed E-state index contributed by atoms with van der Waals surface area (Å²) in [7, 11) is 0. The maximum Gasteiger partial charge on any atom is 0.125 e. The van der Waals surface area contributed by atoms with Crippen LogP contribution in [0.1, 0.15) is 18.1 Å². The van der Waals surface area contributed by atoms with E-state index >= 15 is 0 Å². The van der Waals surface area contributed by atoms with Crippen molar-refractivity contribution < 1.29 is 9.50 Å². The molecular weight excluding hydrogens is 285 g/mol. The summed E-state index contributed by atoms with van der Waals surface area (Å²) in [4.78, 5) is 1.17. The topological polar surface area (TPSA) is 32.3 Å². The molecule has 0 saturated carbocycles. The van der Waals surface area contributed by atoms with Gasteiger partial charge < -0.3 is 10.4 Å². The highest BCUT2D eigenvalue weighted by atomic mass is 32.2. The van der Waals surface area contributed by atoms with E-state index in [2.05, 4.69) is 5.32 Å². The lowest BCUT2D eigenvalue weighted by atomic mass is 9.92. The van der Waals surface area contributed by atoms with E-state index < -0.39 is 5.54 Å². The van der Waals surface area contributed by atoms with Crippen LogP contribution in [0, 0.1) is 12.7 Å². The Morgan fingerprint density at radius 2 is 1.86 bits per heavy atom. The van der Waals surface area contributed by atoms with Crippen molar-refractivity contribution in [2.24, 2.45) is 0 Å². The quantitative estimate of drug-likeness (QED) is 0.813. The van der Waals surface area contributed by atoms with E-state index in [4.69, 9.17) is 0 Å². The molecule has 0 aromatic heterocycles. The molecule has 0 heterocycles. The van der Waals surface area contributed by atoms with Gasteiger partial charge >= 0.3 is 0 Å². The Balaban J connectivity index is 2.31. The van der Waals surface area contributed by atoms with Crippen LogP contribution in [-0.2, 0) is 5.54 Å². The third kappa shape index (κ3) is 3.77. The van der Waals surface area contributed by atoms with Crippen molar-refractivity contribution in [1.29, 1.82) is 0 Å². The molecule has 21 heavy (non-hydrogen) atoms. The summed E-state index contributed by atoms with van der Waals surface area (Å²) in [6, 6.07) is 12.8. The highest BCUT2D eigenvalue weighted by Gasteiger charge is 2.25. The van der Waals surface area contributed by atoms with Crippen LogP contribution in [0.25, 0.3) is 0 Å². The Labute approximate surface area is 129 Å². The number of rotatable bonds is 5. The first kappa shape index (κ1) is 15.9. The van der Waals surface area contributed by atoms with Crippen molar-refractivity contribution in [3.8, 4) is 0 Å². The van der Waals surface area contributed by atoms with Crippen LogP contribution in [0.2, 0.25) is 0 Å². The fraction of sp³-hybridized carbons (Fsp3) is 0.294. The number of aliphatic hydroxyl groups excluding tert-OH is 1. The van der Waals surface area contributed by atoms with E-state index in [0.29, 0.717) is 5.69 Å². The molecule has 2 aromatic rings. The van der Waals surface area contributed by atoms with Gasteiger partial charge in [0, 0.05) is 10.6 Å². The van der Waals surface area contributed by atoms with E-state index in [1.54, 1.807) is 11.8 Å². The standard InChI is InChI=1S/C17H20FNOS/c1-12-8-14(18)10-15(9-12)19-17(2,11-20)13-4-6-16(21-3)7-5-13/h4-10,19-20H,11H2,1-3H3. The molecule has 2 N–H and O–H groups in total. The number of aliphatic hydroxyl groups is 1. The van der Waals surface area contributed by atoms with Gasteiger partial charge in [-0.3, -0.25) is 0 Å². The lowest BCUT2D eigenvalue weighted by molar-refractivity contribution is 0.224. The highest BCUT2D eigenvalue weighted by molar-refractivity contribution is 7.98. The van der Waals surface area contributed by atoms with Crippen molar-refractivity contribution >= 4 is 17.4 Å². The van der Waals surface area contributed by atoms with Gasteiger partial charge in [-0.05, 0) is 61.6 Å². The summed E-state index contributed by atoms with van der Waals surface area (Å²) in [5, 5.41) is 13.0. The number of benzene rings is 2. The minimum absolute atomic E-state index is 0.0822. The van der Waals surface area contributed by atoms with Crippen molar-refractivity contribution in [2.45, 2.75) is 24.3 Å². The van der Waals surface area contributed by atoms with E-state index in [0.717, 1.165) is 11.1 Å². The zero-order valence-electron chi connectivity index (χ0n) is 12.5. The van der Waals surface area contributed by atoms with Gasteiger partial charge in [0.25, 0.3) is 0 Å². The number of thioether (sulfide) groups is 1. The van der Waals surface area contributed by atoms with Crippen molar-refractivity contribution in [3.63, 3.8) is 0 Å². The number of anilines is 1. The van der Waals surface area contributed by atoms with E-state index in [9.17, 15) is 9.50 Å². The molecule has 0 aliphatic carbocycles. The van der Waals surface area contributed by atoms with Gasteiger partial charge in [-0.1, -0.05) is 12.1 Å². The van der Waals surface area contributed by atoms with Crippen LogP contribution in [0.5, 0.6) is 0 Å². The zero-order valence-corrected chi connectivity index (χ0v) is 13.3. The van der Waals surface area contributed by atoms with Gasteiger partial charge in [-0.15, -0.1) is 11.8 Å². The van der Waals surface area contributed by atoms with Crippen LogP contribution in [0.3, 0.4) is 0 Å². The lowest BCUT2D eigenvalue weighted by Crippen LogP contribution is -2.35. The Morgan fingerprint density at radius 1 is 1.19 bits per heavy atom. The molecule has 0 spiro atoms. The van der Waals surface area contributed by atoms with E-state index in [1.807, 2.05) is 50.4 Å². The first-order chi connectivity index (χ1) is 9.96. The van der Waals surface area contributed by atoms with Crippen molar-refractivity contribution in [2.75, 3.05) is 18.2 Å². The molecule has 0 bridgehead atoms. The van der Waals surface area contributed by atoms with Gasteiger partial charge in [0.1, 0.15) is 5.82 Å². The normalized spacial score (nSPS) is 13.8. The zero-order chi connectivity index (χ0) is 15.5. The smallest absolute Gasteiger partial charge is 0.125 e. The average molecular weight is 305 g/mol. The minimum atomic E-state index is -0.656. The fourth-order valence-electron chi connectivity index (χ4n) is 2.29. The first-order valence-corrected chi connectivity index (χ1v) is 8.00. The summed E-state index contributed by atoms with van der Waals surface area (Å²) in [6.07, 6.45) is 2.02. The van der Waals surface area contributed by atoms with Crippen LogP contribution >= 0.6 is 11.8 Å². The number of aryl methyl sites for hydroxylation is 1. The number of hydrogen-bond donors (Lipinski definition) is 2. The van der Waals surface area contributed by atoms with Crippen molar-refractivity contribution in [3.05, 3.63) is 59.4 Å². The summed E-state index contributed by atoms with van der Waals surface area (Å²) >= 11 is 1.67. The summed E-state index contributed by atoms with van der Waals surface area (Å²) < 4.78 is 13.5. The second-order valence-electron chi connectivity index (χ2n) is 5.36. The van der Waals surface area contributed by atoms with E-state index in [-0.39, 0.29) is 12.4 Å². The van der Waals surface area contributed by atoms with Crippen LogP contribution < -0.4 is 5.32 Å². The minimum Gasteiger partial charge on any atom is -0.394 e. The maximum absolute atomic E-state index is 13.5.